The smallest absolute Gasteiger partial charge is 0.333 e. The van der Waals surface area contributed by atoms with Gasteiger partial charge in [0, 0.05) is 5.57 Å². The van der Waals surface area contributed by atoms with Crippen molar-refractivity contribution in [3.8, 4) is 0 Å². The molecule has 0 fully saturated rings. The molecule has 0 aliphatic rings. The molecule has 0 unspecified atom stereocenters. The van der Waals surface area contributed by atoms with Crippen LogP contribution in [-0.4, -0.2) is 29.5 Å². The van der Waals surface area contributed by atoms with Gasteiger partial charge in [0.15, 0.2) is 0 Å². The number of rotatable bonds is 5. The molecule has 0 atom stereocenters. The molecule has 1 amide bonds. The molecule has 0 saturated heterocycles. The van der Waals surface area contributed by atoms with E-state index < -0.39 is 5.97 Å². The summed E-state index contributed by atoms with van der Waals surface area (Å²) >= 11 is 1.96. The van der Waals surface area contributed by atoms with Gasteiger partial charge in [-0.25, -0.2) is 4.79 Å². The third-order valence-corrected chi connectivity index (χ3v) is 1.82. The van der Waals surface area contributed by atoms with Crippen LogP contribution in [-0.2, 0) is 14.3 Å². The third kappa shape index (κ3) is 6.56. The summed E-state index contributed by atoms with van der Waals surface area (Å²) in [6.07, 6.45) is 0. The number of nitrogens with one attached hydrogen (secondary N) is 1. The van der Waals surface area contributed by atoms with Crippen LogP contribution in [0.15, 0.2) is 12.2 Å². The van der Waals surface area contributed by atoms with E-state index in [-0.39, 0.29) is 12.5 Å². The number of hydrogen-bond donors (Lipinski definition) is 1. The van der Waals surface area contributed by atoms with Crippen molar-refractivity contribution in [1.82, 2.24) is 5.32 Å². The van der Waals surface area contributed by atoms with Gasteiger partial charge in [0.25, 0.3) is 0 Å². The van der Waals surface area contributed by atoms with E-state index in [9.17, 15) is 9.59 Å². The van der Waals surface area contributed by atoms with E-state index >= 15 is 0 Å². The minimum atomic E-state index is -0.427. The van der Waals surface area contributed by atoms with Gasteiger partial charge >= 0.3 is 5.97 Å². The molecule has 74 valence electrons. The summed E-state index contributed by atoms with van der Waals surface area (Å²) in [5, 5.41) is 2.57. The number of ether oxygens (including phenoxy) is 1. The maximum absolute atomic E-state index is 10.8. The number of carbonyl (C=O) groups is 2. The lowest BCUT2D eigenvalue weighted by molar-refractivity contribution is -0.139. The van der Waals surface area contributed by atoms with Crippen molar-refractivity contribution >= 4 is 34.5 Å². The molecule has 13 heavy (non-hydrogen) atoms. The maximum atomic E-state index is 10.8. The molecule has 0 bridgehead atoms. The van der Waals surface area contributed by atoms with Crippen LogP contribution >= 0.6 is 22.6 Å². The van der Waals surface area contributed by atoms with Crippen molar-refractivity contribution in [1.29, 1.82) is 0 Å². The summed E-state index contributed by atoms with van der Waals surface area (Å²) in [4.78, 5) is 21.5. The van der Waals surface area contributed by atoms with E-state index in [1.54, 1.807) is 6.92 Å². The molecule has 0 spiro atoms. The summed E-state index contributed by atoms with van der Waals surface area (Å²) in [6.45, 7) is 5.53. The number of amides is 1. The molecule has 5 heteroatoms. The number of alkyl halides is 1. The van der Waals surface area contributed by atoms with Gasteiger partial charge in [0.2, 0.25) is 5.91 Å². The largest absolute Gasteiger partial charge is 0.460 e. The normalized spacial score (nSPS) is 9.08. The van der Waals surface area contributed by atoms with Gasteiger partial charge < -0.3 is 10.1 Å². The van der Waals surface area contributed by atoms with Crippen LogP contribution in [0.5, 0.6) is 0 Å². The van der Waals surface area contributed by atoms with E-state index in [2.05, 4.69) is 11.9 Å². The average molecular weight is 297 g/mol. The predicted molar refractivity (Wildman–Crippen MR) is 57.7 cm³/mol. The van der Waals surface area contributed by atoms with Crippen LogP contribution in [0.4, 0.5) is 0 Å². The van der Waals surface area contributed by atoms with E-state index in [4.69, 9.17) is 4.74 Å². The molecule has 0 saturated carbocycles. The Morgan fingerprint density at radius 3 is 2.62 bits per heavy atom. The maximum Gasteiger partial charge on any atom is 0.333 e. The zero-order valence-corrected chi connectivity index (χ0v) is 9.59. The zero-order chi connectivity index (χ0) is 10.3. The Bertz CT molecular complexity index is 215. The predicted octanol–water partition coefficient (Wildman–Crippen LogP) is 0.657. The van der Waals surface area contributed by atoms with Crippen molar-refractivity contribution in [2.75, 3.05) is 17.6 Å². The summed E-state index contributed by atoms with van der Waals surface area (Å²) < 4.78 is 5.15. The first-order valence-electron chi connectivity index (χ1n) is 3.73. The molecule has 1 N–H and O–H groups in total. The molecule has 0 aromatic carbocycles. The molecular weight excluding hydrogens is 285 g/mol. The number of halogens is 1. The lowest BCUT2D eigenvalue weighted by atomic mass is 10.4. The molecule has 0 aliphatic heterocycles. The highest BCUT2D eigenvalue weighted by molar-refractivity contribution is 14.1. The van der Waals surface area contributed by atoms with Crippen molar-refractivity contribution in [2.45, 2.75) is 6.92 Å². The lowest BCUT2D eigenvalue weighted by Crippen LogP contribution is -2.28. The zero-order valence-electron chi connectivity index (χ0n) is 7.43. The standard InChI is InChI=1S/C8H12INO3/c1-6(2)8(12)13-4-3-10-7(11)5-9/h1,3-5H2,2H3,(H,10,11). The van der Waals surface area contributed by atoms with Gasteiger partial charge in [-0.2, -0.15) is 0 Å². The topological polar surface area (TPSA) is 55.4 Å². The molecular formula is C8H12INO3. The Morgan fingerprint density at radius 2 is 2.15 bits per heavy atom. The van der Waals surface area contributed by atoms with Gasteiger partial charge in [-0.3, -0.25) is 4.79 Å². The van der Waals surface area contributed by atoms with Crippen molar-refractivity contribution in [2.24, 2.45) is 0 Å². The molecule has 0 aliphatic carbocycles. The minimum Gasteiger partial charge on any atom is -0.460 e. The first-order valence-corrected chi connectivity index (χ1v) is 5.25. The van der Waals surface area contributed by atoms with E-state index in [0.29, 0.717) is 16.5 Å². The second kappa shape index (κ2) is 6.88. The van der Waals surface area contributed by atoms with Crippen LogP contribution in [0.1, 0.15) is 6.92 Å². The fourth-order valence-corrected chi connectivity index (χ4v) is 0.774. The Morgan fingerprint density at radius 1 is 1.54 bits per heavy atom. The second-order valence-corrected chi connectivity index (χ2v) is 3.16. The van der Waals surface area contributed by atoms with Crippen LogP contribution in [0.25, 0.3) is 0 Å². The van der Waals surface area contributed by atoms with Gasteiger partial charge in [-0.05, 0) is 6.92 Å². The van der Waals surface area contributed by atoms with Crippen molar-refractivity contribution in [3.05, 3.63) is 12.2 Å². The summed E-state index contributed by atoms with van der Waals surface area (Å²) in [7, 11) is 0. The highest BCUT2D eigenvalue weighted by Crippen LogP contribution is 1.90. The summed E-state index contributed by atoms with van der Waals surface area (Å²) in [5.41, 5.74) is 0.361. The SMILES string of the molecule is C=C(C)C(=O)OCCNC(=O)CI. The molecule has 0 heterocycles. The first-order chi connectivity index (χ1) is 6.07. The van der Waals surface area contributed by atoms with Crippen LogP contribution in [0, 0.1) is 0 Å². The highest BCUT2D eigenvalue weighted by atomic mass is 127. The van der Waals surface area contributed by atoms with Crippen LogP contribution < -0.4 is 5.32 Å². The average Bonchev–Trinajstić information content (AvgIpc) is 2.11. The second-order valence-electron chi connectivity index (χ2n) is 2.40. The van der Waals surface area contributed by atoms with Crippen molar-refractivity contribution in [3.63, 3.8) is 0 Å². The van der Waals surface area contributed by atoms with Gasteiger partial charge in [0.05, 0.1) is 11.0 Å². The van der Waals surface area contributed by atoms with Gasteiger partial charge in [0.1, 0.15) is 6.61 Å². The van der Waals surface area contributed by atoms with Crippen LogP contribution in [0.2, 0.25) is 0 Å². The molecule has 0 aromatic rings. The van der Waals surface area contributed by atoms with Crippen LogP contribution in [0.3, 0.4) is 0 Å². The number of hydrogen-bond acceptors (Lipinski definition) is 3. The summed E-state index contributed by atoms with van der Waals surface area (Å²) in [5.74, 6) is -0.490. The molecule has 4 nitrogen and oxygen atoms in total. The Hall–Kier alpha value is -0.590. The fourth-order valence-electron chi connectivity index (χ4n) is 0.505. The minimum absolute atomic E-state index is 0.0630. The Labute approximate surface area is 90.9 Å². The lowest BCUT2D eigenvalue weighted by Gasteiger charge is -2.04. The summed E-state index contributed by atoms with van der Waals surface area (Å²) in [6, 6.07) is 0. The van der Waals surface area contributed by atoms with Gasteiger partial charge in [-0.1, -0.05) is 29.2 Å². The molecule has 0 rings (SSSR count). The van der Waals surface area contributed by atoms with Gasteiger partial charge in [-0.15, -0.1) is 0 Å². The van der Waals surface area contributed by atoms with Crippen molar-refractivity contribution < 1.29 is 14.3 Å². The number of carbonyl (C=O) groups excluding carboxylic acids is 2. The fraction of sp³-hybridized carbons (Fsp3) is 0.500. The first kappa shape index (κ1) is 12.4. The highest BCUT2D eigenvalue weighted by Gasteiger charge is 2.02. The monoisotopic (exact) mass is 297 g/mol. The molecule has 0 aromatic heterocycles. The van der Waals surface area contributed by atoms with E-state index in [0.717, 1.165) is 0 Å². The Balaban J connectivity index is 3.41. The number of esters is 1. The Kier molecular flexibility index (Phi) is 6.56. The quantitative estimate of drug-likeness (QED) is 0.267. The van der Waals surface area contributed by atoms with E-state index in [1.807, 2.05) is 22.6 Å². The van der Waals surface area contributed by atoms with E-state index in [1.165, 1.54) is 0 Å². The third-order valence-electron chi connectivity index (χ3n) is 1.13. The molecule has 0 radical (unpaired) electrons.